The number of benzene rings is 1. The quantitative estimate of drug-likeness (QED) is 0.575. The monoisotopic (exact) mass is 461 g/mol. The lowest BCUT2D eigenvalue weighted by atomic mass is 9.96. The Morgan fingerprint density at radius 3 is 2.30 bits per heavy atom. The molecule has 3 atom stereocenters. The van der Waals surface area contributed by atoms with E-state index in [1.807, 2.05) is 39.0 Å². The van der Waals surface area contributed by atoms with Crippen molar-refractivity contribution in [2.75, 3.05) is 20.2 Å². The molecule has 0 spiro atoms. The van der Waals surface area contributed by atoms with Gasteiger partial charge in [-0.25, -0.2) is 4.79 Å². The summed E-state index contributed by atoms with van der Waals surface area (Å²) in [5.41, 5.74) is 1.74. The normalized spacial score (nSPS) is 18.0. The molecule has 33 heavy (non-hydrogen) atoms. The summed E-state index contributed by atoms with van der Waals surface area (Å²) in [5, 5.41) is 5.08. The average Bonchev–Trinajstić information content (AvgIpc) is 3.44. The molecule has 0 bridgehead atoms. The zero-order valence-electron chi connectivity index (χ0n) is 20.5. The van der Waals surface area contributed by atoms with Crippen molar-refractivity contribution in [1.82, 2.24) is 15.5 Å². The summed E-state index contributed by atoms with van der Waals surface area (Å²) in [6, 6.07) is 4.57. The van der Waals surface area contributed by atoms with Crippen LogP contribution in [0.2, 0.25) is 0 Å². The van der Waals surface area contributed by atoms with Gasteiger partial charge in [0.25, 0.3) is 0 Å². The molecular weight excluding hydrogens is 426 g/mol. The predicted octanol–water partition coefficient (Wildman–Crippen LogP) is 2.40. The summed E-state index contributed by atoms with van der Waals surface area (Å²) in [6.07, 6.45) is 0.0298. The van der Waals surface area contributed by atoms with E-state index in [0.29, 0.717) is 5.56 Å². The summed E-state index contributed by atoms with van der Waals surface area (Å²) in [7, 11) is 1.24. The number of carbonyl (C=O) groups is 4. The topological polar surface area (TPSA) is 114 Å². The molecule has 0 radical (unpaired) electrons. The first-order valence-corrected chi connectivity index (χ1v) is 11.0. The van der Waals surface area contributed by atoms with Crippen molar-refractivity contribution in [2.45, 2.75) is 65.6 Å². The minimum Gasteiger partial charge on any atom is -0.468 e. The summed E-state index contributed by atoms with van der Waals surface area (Å²) in [4.78, 5) is 51.9. The molecule has 1 fully saturated rings. The molecule has 3 unspecified atom stereocenters. The van der Waals surface area contributed by atoms with E-state index in [0.717, 1.165) is 17.5 Å². The van der Waals surface area contributed by atoms with E-state index in [2.05, 4.69) is 15.4 Å². The number of aryl methyl sites for hydroxylation is 2. The van der Waals surface area contributed by atoms with Crippen LogP contribution in [-0.4, -0.2) is 60.6 Å². The Morgan fingerprint density at radius 1 is 1.12 bits per heavy atom. The highest BCUT2D eigenvalue weighted by atomic mass is 16.6. The van der Waals surface area contributed by atoms with Crippen molar-refractivity contribution < 1.29 is 28.7 Å². The van der Waals surface area contributed by atoms with Crippen LogP contribution in [0.4, 0.5) is 4.79 Å². The Morgan fingerprint density at radius 2 is 1.76 bits per heavy atom. The lowest BCUT2D eigenvalue weighted by Gasteiger charge is -2.33. The highest BCUT2D eigenvalue weighted by Crippen LogP contribution is 2.41. The first-order chi connectivity index (χ1) is 15.3. The minimum absolute atomic E-state index is 0.160. The number of ether oxygens (including phenoxy) is 2. The van der Waals surface area contributed by atoms with E-state index in [4.69, 9.17) is 4.74 Å². The highest BCUT2D eigenvalue weighted by molar-refractivity contribution is 5.92. The summed E-state index contributed by atoms with van der Waals surface area (Å²) in [6.45, 7) is 10.3. The van der Waals surface area contributed by atoms with E-state index >= 15 is 0 Å². The van der Waals surface area contributed by atoms with E-state index in [1.165, 1.54) is 12.0 Å². The summed E-state index contributed by atoms with van der Waals surface area (Å²) >= 11 is 0. The molecule has 182 valence electrons. The van der Waals surface area contributed by atoms with E-state index in [-0.39, 0.29) is 25.0 Å². The smallest absolute Gasteiger partial charge is 0.408 e. The second kappa shape index (κ2) is 10.7. The number of carbonyl (C=O) groups excluding carboxylic acids is 4. The molecule has 2 N–H and O–H groups in total. The average molecular weight is 462 g/mol. The Balaban J connectivity index is 2.35. The number of amides is 3. The number of nitrogens with zero attached hydrogens (tertiary/aromatic N) is 1. The molecule has 1 aromatic rings. The minimum atomic E-state index is -0.961. The van der Waals surface area contributed by atoms with Crippen molar-refractivity contribution >= 4 is 23.9 Å². The Bertz CT molecular complexity index is 908. The van der Waals surface area contributed by atoms with E-state index in [1.54, 1.807) is 20.8 Å². The third-order valence-corrected chi connectivity index (χ3v) is 5.39. The molecule has 2 rings (SSSR count). The van der Waals surface area contributed by atoms with Crippen LogP contribution < -0.4 is 10.6 Å². The SMILES string of the molecule is COC(=O)CNC(=O)C(c1cc(C)ccc1C)N(C(=O)CNC(=O)OC(C)(C)C)C1CC1C. The van der Waals surface area contributed by atoms with E-state index in [9.17, 15) is 19.2 Å². The molecular formula is C24H35N3O6. The molecule has 0 saturated heterocycles. The van der Waals surface area contributed by atoms with Gasteiger partial charge < -0.3 is 25.0 Å². The zero-order valence-corrected chi connectivity index (χ0v) is 20.5. The van der Waals surface area contributed by atoms with Crippen LogP contribution in [0, 0.1) is 19.8 Å². The summed E-state index contributed by atoms with van der Waals surface area (Å²) < 4.78 is 9.84. The van der Waals surface area contributed by atoms with Gasteiger partial charge in [-0.3, -0.25) is 14.4 Å². The van der Waals surface area contributed by atoms with Crippen molar-refractivity contribution in [3.8, 4) is 0 Å². The van der Waals surface area contributed by atoms with Crippen LogP contribution in [0.1, 0.15) is 56.8 Å². The lowest BCUT2D eigenvalue weighted by Crippen LogP contribution is -2.50. The molecule has 0 aliphatic heterocycles. The number of esters is 1. The van der Waals surface area contributed by atoms with Gasteiger partial charge in [-0.1, -0.05) is 30.7 Å². The molecule has 0 aromatic heterocycles. The van der Waals surface area contributed by atoms with Gasteiger partial charge in [-0.05, 0) is 58.1 Å². The fraction of sp³-hybridized carbons (Fsp3) is 0.583. The summed E-state index contributed by atoms with van der Waals surface area (Å²) in [5.74, 6) is -1.28. The van der Waals surface area contributed by atoms with Gasteiger partial charge in [-0.15, -0.1) is 0 Å². The molecule has 9 nitrogen and oxygen atoms in total. The Labute approximate surface area is 195 Å². The van der Waals surface area contributed by atoms with Gasteiger partial charge in [0.1, 0.15) is 24.7 Å². The lowest BCUT2D eigenvalue weighted by molar-refractivity contribution is -0.144. The van der Waals surface area contributed by atoms with Crippen molar-refractivity contribution in [2.24, 2.45) is 5.92 Å². The molecule has 1 saturated carbocycles. The van der Waals surface area contributed by atoms with Gasteiger partial charge in [0.2, 0.25) is 11.8 Å². The van der Waals surface area contributed by atoms with Crippen LogP contribution in [-0.2, 0) is 23.9 Å². The number of rotatable bonds is 8. The van der Waals surface area contributed by atoms with Crippen LogP contribution >= 0.6 is 0 Å². The fourth-order valence-corrected chi connectivity index (χ4v) is 3.56. The van der Waals surface area contributed by atoms with E-state index < -0.39 is 35.5 Å². The largest absolute Gasteiger partial charge is 0.468 e. The number of methoxy groups -OCH3 is 1. The van der Waals surface area contributed by atoms with Gasteiger partial charge in [0.15, 0.2) is 0 Å². The van der Waals surface area contributed by atoms with Gasteiger partial charge in [-0.2, -0.15) is 0 Å². The zero-order chi connectivity index (χ0) is 24.9. The Kier molecular flexibility index (Phi) is 8.46. The maximum Gasteiger partial charge on any atom is 0.408 e. The number of nitrogens with one attached hydrogen (secondary N) is 2. The van der Waals surface area contributed by atoms with Crippen molar-refractivity contribution in [3.05, 3.63) is 34.9 Å². The number of alkyl carbamates (subject to hydrolysis) is 1. The number of hydrogen-bond acceptors (Lipinski definition) is 6. The van der Waals surface area contributed by atoms with Crippen LogP contribution in [0.5, 0.6) is 0 Å². The van der Waals surface area contributed by atoms with Crippen molar-refractivity contribution in [3.63, 3.8) is 0 Å². The third-order valence-electron chi connectivity index (χ3n) is 5.39. The second-order valence-corrected chi connectivity index (χ2v) is 9.49. The van der Waals surface area contributed by atoms with Gasteiger partial charge >= 0.3 is 12.1 Å². The van der Waals surface area contributed by atoms with Crippen LogP contribution in [0.25, 0.3) is 0 Å². The Hall–Kier alpha value is -3.10. The maximum atomic E-state index is 13.3. The first kappa shape index (κ1) is 26.2. The van der Waals surface area contributed by atoms with Gasteiger partial charge in [0.05, 0.1) is 7.11 Å². The first-order valence-electron chi connectivity index (χ1n) is 11.0. The molecule has 1 aliphatic rings. The second-order valence-electron chi connectivity index (χ2n) is 9.49. The number of hydrogen-bond donors (Lipinski definition) is 2. The standard InChI is InChI=1S/C24H35N3O6/c1-14-8-9-15(2)17(10-14)21(22(30)25-13-20(29)32-7)27(18-11-16(18)3)19(28)12-26-23(31)33-24(4,5)6/h8-10,16,18,21H,11-13H2,1-7H3,(H,25,30)(H,26,31). The molecule has 1 aromatic carbocycles. The fourth-order valence-electron chi connectivity index (χ4n) is 3.56. The van der Waals surface area contributed by atoms with Crippen molar-refractivity contribution in [1.29, 1.82) is 0 Å². The maximum absolute atomic E-state index is 13.3. The molecule has 1 aliphatic carbocycles. The molecule has 0 heterocycles. The molecule has 9 heteroatoms. The third kappa shape index (κ3) is 7.47. The van der Waals surface area contributed by atoms with Gasteiger partial charge in [0, 0.05) is 6.04 Å². The highest BCUT2D eigenvalue weighted by Gasteiger charge is 2.46. The molecule has 3 amide bonds. The van der Waals surface area contributed by atoms with Crippen LogP contribution in [0.3, 0.4) is 0 Å². The predicted molar refractivity (Wildman–Crippen MR) is 122 cm³/mol. The van der Waals surface area contributed by atoms with Crippen LogP contribution in [0.15, 0.2) is 18.2 Å².